The first kappa shape index (κ1) is 21.8. The van der Waals surface area contributed by atoms with E-state index in [9.17, 15) is 14.7 Å². The van der Waals surface area contributed by atoms with Crippen molar-refractivity contribution in [3.05, 3.63) is 92.4 Å². The number of rotatable bonds is 5. The molecule has 9 nitrogen and oxygen atoms in total. The Balaban J connectivity index is 1.56. The van der Waals surface area contributed by atoms with Crippen LogP contribution in [0, 0.1) is 6.92 Å². The number of nitrogens with zero attached hydrogens (tertiary/aromatic N) is 5. The number of halogens is 1. The van der Waals surface area contributed by atoms with Crippen LogP contribution in [0.3, 0.4) is 0 Å². The highest BCUT2D eigenvalue weighted by molar-refractivity contribution is 6.29. The molecule has 34 heavy (non-hydrogen) atoms. The summed E-state index contributed by atoms with van der Waals surface area (Å²) in [5.41, 5.74) is 4.16. The van der Waals surface area contributed by atoms with Gasteiger partial charge in [0, 0.05) is 30.6 Å². The van der Waals surface area contributed by atoms with Crippen molar-refractivity contribution < 1.29 is 9.90 Å². The second-order valence-electron chi connectivity index (χ2n) is 8.29. The molecule has 2 N–H and O–H groups in total. The Hall–Kier alpha value is -3.98. The molecule has 172 valence electrons. The maximum Gasteiger partial charge on any atom is 0.356 e. The number of hydrogen-bond acceptors (Lipinski definition) is 7. The van der Waals surface area contributed by atoms with Crippen molar-refractivity contribution in [3.8, 4) is 0 Å². The first-order chi connectivity index (χ1) is 16.3. The van der Waals surface area contributed by atoms with E-state index in [1.54, 1.807) is 18.5 Å². The Labute approximate surface area is 199 Å². The first-order valence-corrected chi connectivity index (χ1v) is 11.1. The molecule has 0 unspecified atom stereocenters. The number of nitrogens with one attached hydrogen (secondary N) is 1. The Morgan fingerprint density at radius 2 is 2.03 bits per heavy atom. The fourth-order valence-electron chi connectivity index (χ4n) is 4.23. The number of hydrogen-bond donors (Lipinski definition) is 2. The number of aromatic nitrogens is 4. The van der Waals surface area contributed by atoms with Crippen molar-refractivity contribution in [1.82, 2.24) is 19.4 Å². The van der Waals surface area contributed by atoms with Crippen molar-refractivity contribution >= 4 is 34.7 Å². The zero-order chi connectivity index (χ0) is 24.0. The summed E-state index contributed by atoms with van der Waals surface area (Å²) in [5.74, 6) is -0.621. The zero-order valence-corrected chi connectivity index (χ0v) is 19.2. The van der Waals surface area contributed by atoms with Crippen molar-refractivity contribution in [2.45, 2.75) is 33.0 Å². The van der Waals surface area contributed by atoms with Crippen LogP contribution in [0.1, 0.15) is 45.8 Å². The summed E-state index contributed by atoms with van der Waals surface area (Å²) >= 11 is 5.88. The van der Waals surface area contributed by atoms with Crippen molar-refractivity contribution in [2.75, 3.05) is 10.2 Å². The highest BCUT2D eigenvalue weighted by Crippen LogP contribution is 2.29. The van der Waals surface area contributed by atoms with E-state index in [2.05, 4.69) is 15.3 Å². The van der Waals surface area contributed by atoms with Gasteiger partial charge < -0.3 is 15.3 Å². The number of anilines is 2. The van der Waals surface area contributed by atoms with Gasteiger partial charge in [0.1, 0.15) is 16.6 Å². The summed E-state index contributed by atoms with van der Waals surface area (Å²) in [4.78, 5) is 39.9. The van der Waals surface area contributed by atoms with Crippen LogP contribution in [-0.4, -0.2) is 30.4 Å². The van der Waals surface area contributed by atoms with Gasteiger partial charge in [-0.05, 0) is 49.2 Å². The molecule has 0 bridgehead atoms. The Kier molecular flexibility index (Phi) is 5.41. The fourth-order valence-corrected chi connectivity index (χ4v) is 4.37. The third-order valence-electron chi connectivity index (χ3n) is 5.83. The summed E-state index contributed by atoms with van der Waals surface area (Å²) in [6.07, 6.45) is 3.51. The Morgan fingerprint density at radius 3 is 2.79 bits per heavy atom. The molecule has 0 amide bonds. The molecule has 0 aliphatic carbocycles. The molecule has 0 spiro atoms. The van der Waals surface area contributed by atoms with Gasteiger partial charge in [0.15, 0.2) is 5.69 Å². The van der Waals surface area contributed by atoms with E-state index in [0.29, 0.717) is 30.2 Å². The van der Waals surface area contributed by atoms with Crippen LogP contribution in [-0.2, 0) is 13.1 Å². The molecule has 1 aliphatic rings. The molecule has 1 aliphatic heterocycles. The Bertz CT molecular complexity index is 1480. The van der Waals surface area contributed by atoms with Gasteiger partial charge in [0.2, 0.25) is 0 Å². The summed E-state index contributed by atoms with van der Waals surface area (Å²) < 4.78 is 1.52. The molecule has 4 aromatic heterocycles. The minimum absolute atomic E-state index is 0.0931. The molecule has 4 aromatic rings. The number of carbonyl (C=O) groups is 1. The molecule has 10 heteroatoms. The Morgan fingerprint density at radius 1 is 1.21 bits per heavy atom. The lowest BCUT2D eigenvalue weighted by Gasteiger charge is -2.21. The third kappa shape index (κ3) is 3.94. The van der Waals surface area contributed by atoms with Gasteiger partial charge in [-0.15, -0.1) is 0 Å². The normalized spacial score (nSPS) is 13.7. The molecule has 5 rings (SSSR count). The number of carboxylic acids is 1. The van der Waals surface area contributed by atoms with Crippen molar-refractivity contribution in [2.24, 2.45) is 0 Å². The number of pyridine rings is 3. The van der Waals surface area contributed by atoms with Gasteiger partial charge in [0.25, 0.3) is 5.56 Å². The molecule has 0 radical (unpaired) electrons. The van der Waals surface area contributed by atoms with Crippen molar-refractivity contribution in [1.29, 1.82) is 0 Å². The van der Waals surface area contributed by atoms with Gasteiger partial charge in [-0.3, -0.25) is 14.2 Å². The summed E-state index contributed by atoms with van der Waals surface area (Å²) in [5, 5.41) is 12.8. The molecular formula is C24H21ClN6O3. The lowest BCUT2D eigenvalue weighted by atomic mass is 10.1. The quantitative estimate of drug-likeness (QED) is 0.418. The smallest absolute Gasteiger partial charge is 0.356 e. The molecule has 0 fully saturated rings. The average Bonchev–Trinajstić information content (AvgIpc) is 3.24. The molecular weight excluding hydrogens is 456 g/mol. The third-order valence-corrected chi connectivity index (χ3v) is 6.04. The predicted molar refractivity (Wildman–Crippen MR) is 129 cm³/mol. The largest absolute Gasteiger partial charge is 0.476 e. The minimum Gasteiger partial charge on any atom is -0.476 e. The van der Waals surface area contributed by atoms with E-state index in [1.807, 2.05) is 36.9 Å². The van der Waals surface area contributed by atoms with Gasteiger partial charge in [0.05, 0.1) is 24.0 Å². The monoisotopic (exact) mass is 476 g/mol. The van der Waals surface area contributed by atoms with Crippen molar-refractivity contribution in [3.63, 3.8) is 0 Å². The minimum atomic E-state index is -1.19. The van der Waals surface area contributed by atoms with E-state index in [1.165, 1.54) is 16.5 Å². The predicted octanol–water partition coefficient (Wildman–Crippen LogP) is 3.84. The maximum atomic E-state index is 13.1. The van der Waals surface area contributed by atoms with Crippen LogP contribution in [0.4, 0.5) is 11.5 Å². The summed E-state index contributed by atoms with van der Waals surface area (Å²) in [6.45, 7) is 4.97. The average molecular weight is 477 g/mol. The molecule has 0 saturated heterocycles. The summed E-state index contributed by atoms with van der Waals surface area (Å²) in [7, 11) is 0. The summed E-state index contributed by atoms with van der Waals surface area (Å²) in [6, 6.07) is 10.1. The second-order valence-corrected chi connectivity index (χ2v) is 8.67. The lowest BCUT2D eigenvalue weighted by Crippen LogP contribution is -2.23. The van der Waals surface area contributed by atoms with Gasteiger partial charge in [-0.1, -0.05) is 17.7 Å². The highest BCUT2D eigenvalue weighted by Gasteiger charge is 2.23. The van der Waals surface area contributed by atoms with Crippen LogP contribution in [0.15, 0.2) is 53.6 Å². The number of aryl methyl sites for hydroxylation is 1. The van der Waals surface area contributed by atoms with Gasteiger partial charge in [-0.2, -0.15) is 0 Å². The zero-order valence-electron chi connectivity index (χ0n) is 18.5. The van der Waals surface area contributed by atoms with E-state index in [0.717, 1.165) is 22.4 Å². The fraction of sp³-hybridized carbons (Fsp3) is 0.208. The standard InChI is InChI=1S/C24H21ClN6O3/c1-13-8-16(14(2)27-17-5-6-19(25)28-22(17)24(33)34)23-29-20(9-21(32)31(23)10-13)30-11-15-4-3-7-26-18(15)12-30/h3-10,14,27H,11-12H2,1-2H3,(H,33,34)/t14-/m1/s1. The first-order valence-electron chi connectivity index (χ1n) is 10.7. The molecule has 5 heterocycles. The van der Waals surface area contributed by atoms with E-state index in [-0.39, 0.29) is 22.4 Å². The topological polar surface area (TPSA) is 113 Å². The van der Waals surface area contributed by atoms with Gasteiger partial charge in [-0.25, -0.2) is 14.8 Å². The lowest BCUT2D eigenvalue weighted by molar-refractivity contribution is 0.0691. The van der Waals surface area contributed by atoms with Crippen LogP contribution in [0.2, 0.25) is 5.15 Å². The molecule has 0 saturated carbocycles. The van der Waals surface area contributed by atoms with Crippen LogP contribution in [0.25, 0.3) is 5.65 Å². The molecule has 0 aromatic carbocycles. The molecule has 1 atom stereocenters. The number of aromatic carboxylic acids is 1. The highest BCUT2D eigenvalue weighted by atomic mass is 35.5. The van der Waals surface area contributed by atoms with Crippen LogP contribution >= 0.6 is 11.6 Å². The number of fused-ring (bicyclic) bond motifs is 2. The van der Waals surface area contributed by atoms with E-state index >= 15 is 0 Å². The van der Waals surface area contributed by atoms with Crippen LogP contribution in [0.5, 0.6) is 0 Å². The van der Waals surface area contributed by atoms with Crippen LogP contribution < -0.4 is 15.8 Å². The van der Waals surface area contributed by atoms with Gasteiger partial charge >= 0.3 is 5.97 Å². The maximum absolute atomic E-state index is 13.1. The number of carboxylic acid groups (broad SMARTS) is 1. The van der Waals surface area contributed by atoms with E-state index in [4.69, 9.17) is 16.6 Å². The second kappa shape index (κ2) is 8.42. The SMILES string of the molecule is Cc1cc([C@@H](C)Nc2ccc(Cl)nc2C(=O)O)c2nc(N3Cc4cccnc4C3)cc(=O)n2c1. The van der Waals surface area contributed by atoms with E-state index < -0.39 is 5.97 Å².